The maximum atomic E-state index is 12.9. The molecule has 2 aromatic carbocycles. The molecule has 1 amide bonds. The van der Waals surface area contributed by atoms with Gasteiger partial charge in [0.1, 0.15) is 0 Å². The van der Waals surface area contributed by atoms with E-state index in [1.54, 1.807) is 25.1 Å². The number of anilines is 1. The van der Waals surface area contributed by atoms with E-state index in [-0.39, 0.29) is 11.3 Å². The van der Waals surface area contributed by atoms with Gasteiger partial charge in [-0.2, -0.15) is 18.3 Å². The zero-order chi connectivity index (χ0) is 19.8. The van der Waals surface area contributed by atoms with Crippen molar-refractivity contribution in [2.75, 3.05) is 5.32 Å². The molecule has 4 nitrogen and oxygen atoms in total. The number of aromatic nitrogens is 2. The number of hydrogen-bond donors (Lipinski definition) is 1. The summed E-state index contributed by atoms with van der Waals surface area (Å²) in [4.78, 5) is 12.6. The van der Waals surface area contributed by atoms with Crippen LogP contribution in [0, 0.1) is 13.8 Å². The number of alkyl halides is 3. The van der Waals surface area contributed by atoms with Crippen LogP contribution in [0.3, 0.4) is 0 Å². The van der Waals surface area contributed by atoms with E-state index in [0.717, 1.165) is 17.7 Å². The van der Waals surface area contributed by atoms with Gasteiger partial charge in [0.25, 0.3) is 5.91 Å². The molecular weight excluding hydrogens is 379 g/mol. The molecule has 0 saturated heterocycles. The van der Waals surface area contributed by atoms with Gasteiger partial charge in [0.15, 0.2) is 0 Å². The van der Waals surface area contributed by atoms with E-state index in [1.807, 2.05) is 6.92 Å². The van der Waals surface area contributed by atoms with Gasteiger partial charge in [-0.15, -0.1) is 0 Å². The van der Waals surface area contributed by atoms with Crippen molar-refractivity contribution in [3.63, 3.8) is 0 Å². The van der Waals surface area contributed by atoms with Gasteiger partial charge < -0.3 is 5.32 Å². The van der Waals surface area contributed by atoms with Gasteiger partial charge in [-0.1, -0.05) is 23.7 Å². The fourth-order valence-electron chi connectivity index (χ4n) is 2.63. The molecule has 0 aliphatic rings. The van der Waals surface area contributed by atoms with Gasteiger partial charge in [-0.05, 0) is 49.7 Å². The fraction of sp³-hybridized carbons (Fsp3) is 0.158. The van der Waals surface area contributed by atoms with Gasteiger partial charge in [-0.25, -0.2) is 4.68 Å². The monoisotopic (exact) mass is 393 g/mol. The van der Waals surface area contributed by atoms with Crippen molar-refractivity contribution >= 4 is 23.2 Å². The summed E-state index contributed by atoms with van der Waals surface area (Å²) in [5.41, 5.74) is 1.50. The second-order valence-electron chi connectivity index (χ2n) is 6.02. The molecule has 3 aromatic rings. The van der Waals surface area contributed by atoms with Crippen LogP contribution in [0.15, 0.2) is 48.7 Å². The van der Waals surface area contributed by atoms with Crippen LogP contribution in [0.25, 0.3) is 5.69 Å². The normalized spacial score (nSPS) is 11.5. The number of nitrogens with one attached hydrogen (secondary N) is 1. The molecule has 1 N–H and O–H groups in total. The first-order valence-corrected chi connectivity index (χ1v) is 8.34. The van der Waals surface area contributed by atoms with Crippen LogP contribution in [0.5, 0.6) is 0 Å². The first-order valence-electron chi connectivity index (χ1n) is 7.96. The summed E-state index contributed by atoms with van der Waals surface area (Å²) in [6, 6.07) is 9.88. The fourth-order valence-corrected chi connectivity index (χ4v) is 2.80. The highest BCUT2D eigenvalue weighted by atomic mass is 35.5. The van der Waals surface area contributed by atoms with Crippen LogP contribution in [0.4, 0.5) is 18.9 Å². The Bertz CT molecular complexity index is 1010. The molecule has 0 aliphatic carbocycles. The molecule has 0 atom stereocenters. The Hall–Kier alpha value is -2.80. The smallest absolute Gasteiger partial charge is 0.322 e. The minimum atomic E-state index is -4.46. The highest BCUT2D eigenvalue weighted by molar-refractivity contribution is 6.31. The Labute approximate surface area is 158 Å². The lowest BCUT2D eigenvalue weighted by molar-refractivity contribution is -0.137. The number of aryl methyl sites for hydroxylation is 1. The van der Waals surface area contributed by atoms with Gasteiger partial charge in [0.05, 0.1) is 28.7 Å². The molecular formula is C19H15ClF3N3O. The lowest BCUT2D eigenvalue weighted by Gasteiger charge is -2.11. The Balaban J connectivity index is 1.91. The molecule has 0 spiro atoms. The van der Waals surface area contributed by atoms with Gasteiger partial charge in [0.2, 0.25) is 0 Å². The lowest BCUT2D eigenvalue weighted by atomic mass is 10.1. The standard InChI is InChI=1S/C19H15ClF3N3O/c1-11-6-7-14(20)9-17(11)25-18(27)16-10-24-26(12(16)2)15-5-3-4-13(8-15)19(21,22)23/h3-10H,1-2H3,(H,25,27). The zero-order valence-corrected chi connectivity index (χ0v) is 15.2. The van der Waals surface area contributed by atoms with Crippen LogP contribution in [-0.4, -0.2) is 15.7 Å². The molecule has 0 fully saturated rings. The quantitative estimate of drug-likeness (QED) is 0.646. The highest BCUT2D eigenvalue weighted by Gasteiger charge is 2.30. The molecule has 0 radical (unpaired) electrons. The number of halogens is 4. The summed E-state index contributed by atoms with van der Waals surface area (Å²) >= 11 is 5.95. The predicted molar refractivity (Wildman–Crippen MR) is 97.4 cm³/mol. The average Bonchev–Trinajstić information content (AvgIpc) is 2.99. The van der Waals surface area contributed by atoms with E-state index < -0.39 is 17.6 Å². The molecule has 0 saturated carbocycles. The van der Waals surface area contributed by atoms with Crippen LogP contribution in [-0.2, 0) is 6.18 Å². The third kappa shape index (κ3) is 3.98. The number of amides is 1. The molecule has 1 heterocycles. The highest BCUT2D eigenvalue weighted by Crippen LogP contribution is 2.30. The van der Waals surface area contributed by atoms with E-state index >= 15 is 0 Å². The number of rotatable bonds is 3. The van der Waals surface area contributed by atoms with Crippen LogP contribution in [0.2, 0.25) is 5.02 Å². The van der Waals surface area contributed by atoms with Crippen LogP contribution in [0.1, 0.15) is 27.2 Å². The summed E-state index contributed by atoms with van der Waals surface area (Å²) < 4.78 is 40.1. The molecule has 0 unspecified atom stereocenters. The molecule has 0 aliphatic heterocycles. The maximum absolute atomic E-state index is 12.9. The van der Waals surface area contributed by atoms with Crippen molar-refractivity contribution in [3.05, 3.63) is 76.1 Å². The van der Waals surface area contributed by atoms with E-state index in [1.165, 1.54) is 23.0 Å². The van der Waals surface area contributed by atoms with Crippen molar-refractivity contribution in [3.8, 4) is 5.69 Å². The molecule has 3 rings (SSSR count). The van der Waals surface area contributed by atoms with E-state index in [4.69, 9.17) is 11.6 Å². The second-order valence-corrected chi connectivity index (χ2v) is 6.45. The summed E-state index contributed by atoms with van der Waals surface area (Å²) in [6.45, 7) is 3.44. The van der Waals surface area contributed by atoms with Crippen molar-refractivity contribution in [1.82, 2.24) is 9.78 Å². The van der Waals surface area contributed by atoms with Crippen molar-refractivity contribution < 1.29 is 18.0 Å². The summed E-state index contributed by atoms with van der Waals surface area (Å²) in [6.07, 6.45) is -3.13. The Morgan fingerprint density at radius 1 is 1.15 bits per heavy atom. The van der Waals surface area contributed by atoms with E-state index in [9.17, 15) is 18.0 Å². The SMILES string of the molecule is Cc1ccc(Cl)cc1NC(=O)c1cnn(-c2cccc(C(F)(F)F)c2)c1C. The van der Waals surface area contributed by atoms with Crippen molar-refractivity contribution in [2.45, 2.75) is 20.0 Å². The number of carbonyl (C=O) groups excluding carboxylic acids is 1. The van der Waals surface area contributed by atoms with Gasteiger partial charge in [0, 0.05) is 10.7 Å². The zero-order valence-electron chi connectivity index (χ0n) is 14.4. The minimum absolute atomic E-state index is 0.223. The van der Waals surface area contributed by atoms with Crippen molar-refractivity contribution in [1.29, 1.82) is 0 Å². The van der Waals surface area contributed by atoms with Gasteiger partial charge in [-0.3, -0.25) is 4.79 Å². The summed E-state index contributed by atoms with van der Waals surface area (Å²) in [7, 11) is 0. The number of benzene rings is 2. The predicted octanol–water partition coefficient (Wildman–Crippen LogP) is 5.41. The molecule has 27 heavy (non-hydrogen) atoms. The molecule has 140 valence electrons. The first kappa shape index (κ1) is 19.0. The number of nitrogens with zero attached hydrogens (tertiary/aromatic N) is 2. The number of carbonyl (C=O) groups is 1. The van der Waals surface area contributed by atoms with E-state index in [2.05, 4.69) is 10.4 Å². The third-order valence-electron chi connectivity index (χ3n) is 4.12. The largest absolute Gasteiger partial charge is 0.416 e. The Morgan fingerprint density at radius 3 is 2.59 bits per heavy atom. The van der Waals surface area contributed by atoms with Crippen LogP contribution < -0.4 is 5.32 Å². The topological polar surface area (TPSA) is 46.9 Å². The molecule has 1 aromatic heterocycles. The lowest BCUT2D eigenvalue weighted by Crippen LogP contribution is -2.14. The average molecular weight is 394 g/mol. The maximum Gasteiger partial charge on any atom is 0.416 e. The Kier molecular flexibility index (Phi) is 4.97. The Morgan fingerprint density at radius 2 is 1.89 bits per heavy atom. The molecule has 8 heteroatoms. The van der Waals surface area contributed by atoms with Crippen LogP contribution >= 0.6 is 11.6 Å². The minimum Gasteiger partial charge on any atom is -0.322 e. The second kappa shape index (κ2) is 7.08. The third-order valence-corrected chi connectivity index (χ3v) is 4.36. The van der Waals surface area contributed by atoms with Crippen molar-refractivity contribution in [2.24, 2.45) is 0 Å². The summed E-state index contributed by atoms with van der Waals surface area (Å²) in [5, 5.41) is 7.31. The first-order chi connectivity index (χ1) is 12.7. The molecule has 0 bridgehead atoms. The van der Waals surface area contributed by atoms with Gasteiger partial charge >= 0.3 is 6.18 Å². The summed E-state index contributed by atoms with van der Waals surface area (Å²) in [5.74, 6) is -0.420. The van der Waals surface area contributed by atoms with E-state index in [0.29, 0.717) is 16.4 Å². The number of hydrogen-bond acceptors (Lipinski definition) is 2.